The summed E-state index contributed by atoms with van der Waals surface area (Å²) in [5.74, 6) is 0.220. The molecule has 23 heavy (non-hydrogen) atoms. The Balaban J connectivity index is 2.30. The molecular weight excluding hydrogens is 312 g/mol. The Morgan fingerprint density at radius 3 is 2.57 bits per heavy atom. The van der Waals surface area contributed by atoms with E-state index in [9.17, 15) is 9.90 Å². The first-order valence-corrected chi connectivity index (χ1v) is 7.67. The number of rotatable bonds is 1. The van der Waals surface area contributed by atoms with Crippen molar-refractivity contribution in [2.24, 2.45) is 0 Å². The summed E-state index contributed by atoms with van der Waals surface area (Å²) in [6.07, 6.45) is 0. The fourth-order valence-corrected chi connectivity index (χ4v) is 2.65. The Labute approximate surface area is 138 Å². The number of halogens is 1. The number of aromatic nitrogens is 2. The Bertz CT molecular complexity index is 955. The van der Waals surface area contributed by atoms with E-state index < -0.39 is 0 Å². The van der Waals surface area contributed by atoms with E-state index >= 15 is 0 Å². The van der Waals surface area contributed by atoms with Crippen molar-refractivity contribution < 1.29 is 5.11 Å². The van der Waals surface area contributed by atoms with E-state index in [1.165, 1.54) is 0 Å². The van der Waals surface area contributed by atoms with Gasteiger partial charge in [0.2, 0.25) is 0 Å². The highest BCUT2D eigenvalue weighted by molar-refractivity contribution is 6.32. The molecule has 0 radical (unpaired) electrons. The first kappa shape index (κ1) is 15.6. The highest BCUT2D eigenvalue weighted by Gasteiger charge is 2.20. The van der Waals surface area contributed by atoms with Crippen LogP contribution in [-0.4, -0.2) is 15.1 Å². The molecule has 0 amide bonds. The van der Waals surface area contributed by atoms with Gasteiger partial charge in [-0.15, -0.1) is 0 Å². The molecule has 0 spiro atoms. The number of benzene rings is 2. The molecule has 5 heteroatoms. The van der Waals surface area contributed by atoms with Crippen LogP contribution in [0.1, 0.15) is 26.3 Å². The van der Waals surface area contributed by atoms with Crippen LogP contribution in [0.25, 0.3) is 22.3 Å². The zero-order valence-corrected chi connectivity index (χ0v) is 13.9. The molecule has 0 aliphatic carbocycles. The number of phenolic OH excluding ortho intramolecular Hbond substituents is 1. The number of nitrogens with zero attached hydrogens (tertiary/aromatic N) is 1. The fourth-order valence-electron chi connectivity index (χ4n) is 2.43. The number of hydrogen-bond donors (Lipinski definition) is 2. The van der Waals surface area contributed by atoms with Gasteiger partial charge < -0.3 is 10.1 Å². The number of aromatic amines is 1. The quantitative estimate of drug-likeness (QED) is 0.702. The molecule has 2 N–H and O–H groups in total. The topological polar surface area (TPSA) is 66.0 Å². The maximum absolute atomic E-state index is 12.2. The van der Waals surface area contributed by atoms with Crippen molar-refractivity contribution in [2.75, 3.05) is 0 Å². The number of para-hydroxylation sites is 1. The van der Waals surface area contributed by atoms with Gasteiger partial charge in [-0.05, 0) is 35.2 Å². The van der Waals surface area contributed by atoms with E-state index in [1.807, 2.05) is 12.1 Å². The standard InChI is InChI=1S/C18H17ClN2O2/c1-18(2,3)10-8-12(15(22)13(19)9-10)16-20-14-7-5-4-6-11(14)17(23)21-16/h4-9,22H,1-3H3,(H,20,21,23). The lowest BCUT2D eigenvalue weighted by Crippen LogP contribution is -2.12. The monoisotopic (exact) mass is 328 g/mol. The van der Waals surface area contributed by atoms with Gasteiger partial charge in [-0.25, -0.2) is 4.98 Å². The van der Waals surface area contributed by atoms with Crippen LogP contribution >= 0.6 is 11.6 Å². The van der Waals surface area contributed by atoms with Crippen LogP contribution in [0, 0.1) is 0 Å². The van der Waals surface area contributed by atoms with Crippen molar-refractivity contribution in [3.63, 3.8) is 0 Å². The smallest absolute Gasteiger partial charge is 0.259 e. The van der Waals surface area contributed by atoms with Crippen molar-refractivity contribution in [1.29, 1.82) is 0 Å². The number of nitrogens with one attached hydrogen (secondary N) is 1. The fraction of sp³-hybridized carbons (Fsp3) is 0.222. The molecule has 3 aromatic rings. The van der Waals surface area contributed by atoms with E-state index in [0.717, 1.165) is 5.56 Å². The summed E-state index contributed by atoms with van der Waals surface area (Å²) in [6, 6.07) is 10.6. The third-order valence-corrected chi connectivity index (χ3v) is 4.09. The summed E-state index contributed by atoms with van der Waals surface area (Å²) in [4.78, 5) is 19.4. The molecule has 0 bridgehead atoms. The molecule has 2 aromatic carbocycles. The van der Waals surface area contributed by atoms with E-state index in [0.29, 0.717) is 22.3 Å². The van der Waals surface area contributed by atoms with Gasteiger partial charge in [-0.2, -0.15) is 0 Å². The summed E-state index contributed by atoms with van der Waals surface area (Å²) < 4.78 is 0. The molecule has 1 heterocycles. The summed E-state index contributed by atoms with van der Waals surface area (Å²) in [5, 5.41) is 11.1. The van der Waals surface area contributed by atoms with Crippen LogP contribution in [0.15, 0.2) is 41.2 Å². The van der Waals surface area contributed by atoms with Gasteiger partial charge in [-0.3, -0.25) is 4.79 Å². The molecule has 1 aromatic heterocycles. The second-order valence-corrected chi connectivity index (χ2v) is 6.94. The average molecular weight is 329 g/mol. The minimum Gasteiger partial charge on any atom is -0.506 e. The maximum atomic E-state index is 12.2. The third kappa shape index (κ3) is 2.82. The summed E-state index contributed by atoms with van der Waals surface area (Å²) in [6.45, 7) is 6.15. The van der Waals surface area contributed by atoms with Gasteiger partial charge in [0, 0.05) is 0 Å². The second-order valence-electron chi connectivity index (χ2n) is 6.54. The summed E-state index contributed by atoms with van der Waals surface area (Å²) in [7, 11) is 0. The van der Waals surface area contributed by atoms with Crippen LogP contribution in [-0.2, 0) is 5.41 Å². The number of fused-ring (bicyclic) bond motifs is 1. The molecule has 0 aliphatic heterocycles. The average Bonchev–Trinajstić information content (AvgIpc) is 2.48. The number of aromatic hydroxyl groups is 1. The van der Waals surface area contributed by atoms with E-state index in [2.05, 4.69) is 30.7 Å². The predicted molar refractivity (Wildman–Crippen MR) is 93.2 cm³/mol. The lowest BCUT2D eigenvalue weighted by molar-refractivity contribution is 0.476. The third-order valence-electron chi connectivity index (χ3n) is 3.80. The molecule has 0 unspecified atom stereocenters. The van der Waals surface area contributed by atoms with Crippen molar-refractivity contribution in [1.82, 2.24) is 9.97 Å². The van der Waals surface area contributed by atoms with Crippen LogP contribution in [0.4, 0.5) is 0 Å². The first-order chi connectivity index (χ1) is 10.8. The SMILES string of the molecule is CC(C)(C)c1cc(Cl)c(O)c(-c2nc3ccccc3c(=O)[nH]2)c1. The normalized spacial score (nSPS) is 11.8. The van der Waals surface area contributed by atoms with Gasteiger partial charge in [0.25, 0.3) is 5.56 Å². The van der Waals surface area contributed by atoms with E-state index in [1.54, 1.807) is 24.3 Å². The summed E-state index contributed by atoms with van der Waals surface area (Å²) in [5.41, 5.74) is 1.55. The number of H-pyrrole nitrogens is 1. The van der Waals surface area contributed by atoms with Crippen LogP contribution in [0.5, 0.6) is 5.75 Å². The number of hydrogen-bond acceptors (Lipinski definition) is 3. The summed E-state index contributed by atoms with van der Waals surface area (Å²) >= 11 is 6.16. The predicted octanol–water partition coefficient (Wildman–Crippen LogP) is 4.25. The van der Waals surface area contributed by atoms with Crippen molar-refractivity contribution in [2.45, 2.75) is 26.2 Å². The Kier molecular flexibility index (Phi) is 3.65. The molecule has 0 aliphatic rings. The molecule has 0 saturated heterocycles. The highest BCUT2D eigenvalue weighted by Crippen LogP contribution is 2.38. The molecule has 0 saturated carbocycles. The zero-order chi connectivity index (χ0) is 16.8. The second kappa shape index (κ2) is 5.39. The largest absolute Gasteiger partial charge is 0.506 e. The Morgan fingerprint density at radius 2 is 1.87 bits per heavy atom. The van der Waals surface area contributed by atoms with Crippen molar-refractivity contribution in [3.05, 3.63) is 57.3 Å². The van der Waals surface area contributed by atoms with E-state index in [4.69, 9.17) is 11.6 Å². The molecular formula is C18H17ClN2O2. The maximum Gasteiger partial charge on any atom is 0.259 e. The van der Waals surface area contributed by atoms with Crippen molar-refractivity contribution >= 4 is 22.5 Å². The van der Waals surface area contributed by atoms with Crippen LogP contribution < -0.4 is 5.56 Å². The molecule has 0 fully saturated rings. The molecule has 4 nitrogen and oxygen atoms in total. The molecule has 118 valence electrons. The van der Waals surface area contributed by atoms with Crippen LogP contribution in [0.2, 0.25) is 5.02 Å². The molecule has 0 atom stereocenters. The lowest BCUT2D eigenvalue weighted by atomic mass is 9.86. The van der Waals surface area contributed by atoms with Gasteiger partial charge >= 0.3 is 0 Å². The Morgan fingerprint density at radius 1 is 1.17 bits per heavy atom. The van der Waals surface area contributed by atoms with Gasteiger partial charge in [0.1, 0.15) is 11.6 Å². The number of phenols is 1. The minimum absolute atomic E-state index is 0.0851. The minimum atomic E-state index is -0.248. The Hall–Kier alpha value is -2.33. The van der Waals surface area contributed by atoms with Gasteiger partial charge in [0.05, 0.1) is 21.5 Å². The van der Waals surface area contributed by atoms with E-state index in [-0.39, 0.29) is 21.7 Å². The van der Waals surface area contributed by atoms with Gasteiger partial charge in [-0.1, -0.05) is 44.5 Å². The molecule has 3 rings (SSSR count). The van der Waals surface area contributed by atoms with Gasteiger partial charge in [0.15, 0.2) is 0 Å². The lowest BCUT2D eigenvalue weighted by Gasteiger charge is -2.21. The van der Waals surface area contributed by atoms with Crippen molar-refractivity contribution in [3.8, 4) is 17.1 Å². The first-order valence-electron chi connectivity index (χ1n) is 7.30. The zero-order valence-electron chi connectivity index (χ0n) is 13.1. The van der Waals surface area contributed by atoms with Crippen LogP contribution in [0.3, 0.4) is 0 Å². The highest BCUT2D eigenvalue weighted by atomic mass is 35.5.